The van der Waals surface area contributed by atoms with Gasteiger partial charge in [-0.05, 0) is 53.1 Å². The molecule has 2 aromatic carbocycles. The number of anilines is 1. The predicted molar refractivity (Wildman–Crippen MR) is 127 cm³/mol. The lowest BCUT2D eigenvalue weighted by atomic mass is 9.86. The summed E-state index contributed by atoms with van der Waals surface area (Å²) in [4.78, 5) is 25.6. The molecule has 1 unspecified atom stereocenters. The van der Waals surface area contributed by atoms with Crippen molar-refractivity contribution in [3.05, 3.63) is 59.2 Å². The van der Waals surface area contributed by atoms with Crippen molar-refractivity contribution < 1.29 is 18.0 Å². The van der Waals surface area contributed by atoms with E-state index in [4.69, 9.17) is 5.14 Å². The fraction of sp³-hybridized carbons (Fsp3) is 0.417. The first-order chi connectivity index (χ1) is 14.7. The summed E-state index contributed by atoms with van der Waals surface area (Å²) in [5.41, 5.74) is 2.40. The second-order valence-corrected chi connectivity index (χ2v) is 10.8. The van der Waals surface area contributed by atoms with Crippen molar-refractivity contribution in [1.29, 1.82) is 0 Å². The Hall–Kier alpha value is -2.71. The lowest BCUT2D eigenvalue weighted by Gasteiger charge is -2.23. The van der Waals surface area contributed by atoms with Crippen LogP contribution < -0.4 is 15.8 Å². The summed E-state index contributed by atoms with van der Waals surface area (Å²) in [5, 5.41) is 10.8. The van der Waals surface area contributed by atoms with E-state index in [2.05, 4.69) is 31.4 Å². The summed E-state index contributed by atoms with van der Waals surface area (Å²) in [7, 11) is -3.93. The van der Waals surface area contributed by atoms with Crippen LogP contribution in [0, 0.1) is 5.92 Å². The molecule has 0 heterocycles. The van der Waals surface area contributed by atoms with Gasteiger partial charge in [0.25, 0.3) is 5.91 Å². The summed E-state index contributed by atoms with van der Waals surface area (Å²) in [6.07, 6.45) is 0.485. The number of carbonyl (C=O) groups is 2. The smallest absolute Gasteiger partial charge is 0.251 e. The zero-order valence-corrected chi connectivity index (χ0v) is 20.3. The SMILES string of the molecule is CCc1ccc(NC(=O)C(NC(=O)c2ccc(C(C)(C)C)cc2)C(C)C)cc1S(N)(=O)=O. The normalized spacial score (nSPS) is 13.0. The van der Waals surface area contributed by atoms with Crippen LogP contribution in [0.1, 0.15) is 63.0 Å². The molecule has 0 aliphatic heterocycles. The van der Waals surface area contributed by atoms with Crippen LogP contribution in [-0.2, 0) is 26.7 Å². The molecule has 4 N–H and O–H groups in total. The molecule has 8 heteroatoms. The summed E-state index contributed by atoms with van der Waals surface area (Å²) in [5.74, 6) is -0.990. The third-order valence-corrected chi connectivity index (χ3v) is 6.26. The first-order valence-corrected chi connectivity index (χ1v) is 12.2. The van der Waals surface area contributed by atoms with E-state index >= 15 is 0 Å². The first-order valence-electron chi connectivity index (χ1n) is 10.6. The van der Waals surface area contributed by atoms with Gasteiger partial charge in [0.05, 0.1) is 4.90 Å². The maximum absolute atomic E-state index is 12.9. The van der Waals surface area contributed by atoms with Gasteiger partial charge >= 0.3 is 0 Å². The highest BCUT2D eigenvalue weighted by Crippen LogP contribution is 2.23. The Balaban J connectivity index is 2.21. The van der Waals surface area contributed by atoms with Crippen LogP contribution in [0.4, 0.5) is 5.69 Å². The quantitative estimate of drug-likeness (QED) is 0.586. The summed E-state index contributed by atoms with van der Waals surface area (Å²) < 4.78 is 23.8. The van der Waals surface area contributed by atoms with E-state index < -0.39 is 22.0 Å². The van der Waals surface area contributed by atoms with E-state index in [0.29, 0.717) is 23.2 Å². The Bertz CT molecular complexity index is 1090. The van der Waals surface area contributed by atoms with Crippen LogP contribution in [0.3, 0.4) is 0 Å². The molecule has 0 spiro atoms. The molecule has 0 bridgehead atoms. The molecule has 0 aliphatic rings. The zero-order chi connectivity index (χ0) is 24.3. The number of nitrogens with one attached hydrogen (secondary N) is 2. The summed E-state index contributed by atoms with van der Waals surface area (Å²) in [6.45, 7) is 11.7. The predicted octanol–water partition coefficient (Wildman–Crippen LogP) is 3.59. The molecule has 32 heavy (non-hydrogen) atoms. The fourth-order valence-corrected chi connectivity index (χ4v) is 4.16. The molecular weight excluding hydrogens is 426 g/mol. The third kappa shape index (κ3) is 6.40. The largest absolute Gasteiger partial charge is 0.340 e. The molecule has 2 amide bonds. The van der Waals surface area contributed by atoms with Crippen molar-refractivity contribution >= 4 is 27.5 Å². The number of amides is 2. The number of nitrogens with two attached hydrogens (primary N) is 1. The van der Waals surface area contributed by atoms with Gasteiger partial charge in [-0.1, -0.05) is 59.7 Å². The Morgan fingerprint density at radius 1 is 1.03 bits per heavy atom. The van der Waals surface area contributed by atoms with Gasteiger partial charge in [-0.15, -0.1) is 0 Å². The van der Waals surface area contributed by atoms with E-state index in [1.54, 1.807) is 24.3 Å². The number of hydrogen-bond acceptors (Lipinski definition) is 4. The van der Waals surface area contributed by atoms with E-state index in [1.165, 1.54) is 6.07 Å². The van der Waals surface area contributed by atoms with Crippen LogP contribution >= 0.6 is 0 Å². The zero-order valence-electron chi connectivity index (χ0n) is 19.5. The van der Waals surface area contributed by atoms with Gasteiger partial charge in [-0.25, -0.2) is 13.6 Å². The number of benzene rings is 2. The van der Waals surface area contributed by atoms with E-state index in [0.717, 1.165) is 5.56 Å². The van der Waals surface area contributed by atoms with E-state index in [9.17, 15) is 18.0 Å². The van der Waals surface area contributed by atoms with Gasteiger partial charge in [-0.2, -0.15) is 0 Å². The molecule has 0 saturated carbocycles. The Labute approximate surface area is 190 Å². The van der Waals surface area contributed by atoms with Crippen LogP contribution in [0.25, 0.3) is 0 Å². The van der Waals surface area contributed by atoms with Crippen molar-refractivity contribution in [2.24, 2.45) is 11.1 Å². The molecule has 0 aromatic heterocycles. The number of rotatable bonds is 7. The number of sulfonamides is 1. The van der Waals surface area contributed by atoms with Crippen molar-refractivity contribution in [2.75, 3.05) is 5.32 Å². The number of aryl methyl sites for hydroxylation is 1. The minimum Gasteiger partial charge on any atom is -0.340 e. The molecular formula is C24H33N3O4S. The summed E-state index contributed by atoms with van der Waals surface area (Å²) in [6, 6.07) is 11.1. The monoisotopic (exact) mass is 459 g/mol. The van der Waals surface area contributed by atoms with Crippen molar-refractivity contribution in [3.63, 3.8) is 0 Å². The van der Waals surface area contributed by atoms with Crippen LogP contribution in [0.2, 0.25) is 0 Å². The standard InChI is InChI=1S/C24H33N3O4S/c1-7-16-10-13-19(14-20(16)32(25,30)31)26-23(29)21(15(2)3)27-22(28)17-8-11-18(12-9-17)24(4,5)6/h8-15,21H,7H2,1-6H3,(H,26,29)(H,27,28)(H2,25,30,31). The highest BCUT2D eigenvalue weighted by molar-refractivity contribution is 7.89. The van der Waals surface area contributed by atoms with Crippen molar-refractivity contribution in [3.8, 4) is 0 Å². The molecule has 0 radical (unpaired) electrons. The minimum absolute atomic E-state index is 0.0260. The highest BCUT2D eigenvalue weighted by Gasteiger charge is 2.26. The Morgan fingerprint density at radius 2 is 1.62 bits per heavy atom. The average molecular weight is 460 g/mol. The molecule has 2 aromatic rings. The highest BCUT2D eigenvalue weighted by atomic mass is 32.2. The number of carbonyl (C=O) groups excluding carboxylic acids is 2. The maximum Gasteiger partial charge on any atom is 0.251 e. The molecule has 1 atom stereocenters. The van der Waals surface area contributed by atoms with Crippen molar-refractivity contribution in [2.45, 2.75) is 64.3 Å². The average Bonchev–Trinajstić information content (AvgIpc) is 2.70. The second-order valence-electron chi connectivity index (χ2n) is 9.23. The molecule has 0 fully saturated rings. The fourth-order valence-electron chi connectivity index (χ4n) is 3.29. The van der Waals surface area contributed by atoms with Gasteiger partial charge in [0.15, 0.2) is 0 Å². The maximum atomic E-state index is 12.9. The molecule has 2 rings (SSSR count). The molecule has 0 saturated heterocycles. The Kier molecular flexibility index (Phi) is 7.85. The number of primary sulfonamides is 1. The van der Waals surface area contributed by atoms with Gasteiger partial charge in [0.2, 0.25) is 15.9 Å². The van der Waals surface area contributed by atoms with Crippen molar-refractivity contribution in [1.82, 2.24) is 5.32 Å². The second kappa shape index (κ2) is 9.83. The van der Waals surface area contributed by atoms with Crippen LogP contribution in [0.5, 0.6) is 0 Å². The van der Waals surface area contributed by atoms with Gasteiger partial charge < -0.3 is 10.6 Å². The third-order valence-electron chi connectivity index (χ3n) is 5.27. The lowest BCUT2D eigenvalue weighted by Crippen LogP contribution is -2.47. The van der Waals surface area contributed by atoms with Crippen LogP contribution in [-0.4, -0.2) is 26.3 Å². The lowest BCUT2D eigenvalue weighted by molar-refractivity contribution is -0.118. The topological polar surface area (TPSA) is 118 Å². The first kappa shape index (κ1) is 25.5. The van der Waals surface area contributed by atoms with E-state index in [1.807, 2.05) is 32.9 Å². The van der Waals surface area contributed by atoms with Gasteiger partial charge in [0, 0.05) is 11.3 Å². The summed E-state index contributed by atoms with van der Waals surface area (Å²) >= 11 is 0. The van der Waals surface area contributed by atoms with Crippen LogP contribution in [0.15, 0.2) is 47.4 Å². The molecule has 7 nitrogen and oxygen atoms in total. The van der Waals surface area contributed by atoms with Gasteiger partial charge in [-0.3, -0.25) is 9.59 Å². The molecule has 174 valence electrons. The Morgan fingerprint density at radius 3 is 2.09 bits per heavy atom. The number of hydrogen-bond donors (Lipinski definition) is 3. The minimum atomic E-state index is -3.93. The van der Waals surface area contributed by atoms with Gasteiger partial charge in [0.1, 0.15) is 6.04 Å². The van der Waals surface area contributed by atoms with E-state index in [-0.39, 0.29) is 22.1 Å². The molecule has 0 aliphatic carbocycles.